The maximum absolute atomic E-state index is 12.6. The van der Waals surface area contributed by atoms with Gasteiger partial charge in [0.15, 0.2) is 0 Å². The molecule has 132 valence electrons. The summed E-state index contributed by atoms with van der Waals surface area (Å²) in [5.41, 5.74) is 0.901. The third kappa shape index (κ3) is 5.61. The third-order valence-corrected chi connectivity index (χ3v) is 4.85. The van der Waals surface area contributed by atoms with Crippen LogP contribution in [0.25, 0.3) is 0 Å². The lowest BCUT2D eigenvalue weighted by atomic mass is 9.93. The Bertz CT molecular complexity index is 717. The summed E-state index contributed by atoms with van der Waals surface area (Å²) >= 11 is 0. The number of primary sulfonamides is 1. The number of hydrogen-bond donors (Lipinski definition) is 2. The number of nitrogens with two attached hydrogens (primary N) is 1. The predicted octanol–water partition coefficient (Wildman–Crippen LogP) is 1.19. The number of carboxylic acid groups (broad SMARTS) is 1. The average Bonchev–Trinajstić information content (AvgIpc) is 2.51. The summed E-state index contributed by atoms with van der Waals surface area (Å²) in [4.78, 5) is 25.0. The molecule has 0 bridgehead atoms. The number of carboxylic acids is 1. The highest BCUT2D eigenvalue weighted by Crippen LogP contribution is 2.23. The quantitative estimate of drug-likeness (QED) is 0.795. The van der Waals surface area contributed by atoms with Crippen molar-refractivity contribution in [2.75, 3.05) is 13.1 Å². The Morgan fingerprint density at radius 1 is 1.33 bits per heavy atom. The van der Waals surface area contributed by atoms with Crippen LogP contribution in [0.15, 0.2) is 24.3 Å². The van der Waals surface area contributed by atoms with Crippen LogP contribution in [0.4, 0.5) is 0 Å². The predicted molar refractivity (Wildman–Crippen MR) is 88.8 cm³/mol. The second-order valence-corrected chi connectivity index (χ2v) is 7.81. The fraction of sp³-hybridized carbons (Fsp3) is 0.500. The molecule has 7 nitrogen and oxygen atoms in total. The van der Waals surface area contributed by atoms with Gasteiger partial charge in [0, 0.05) is 25.1 Å². The van der Waals surface area contributed by atoms with E-state index in [1.165, 1.54) is 0 Å². The first-order chi connectivity index (χ1) is 11.2. The van der Waals surface area contributed by atoms with Gasteiger partial charge in [0.1, 0.15) is 0 Å². The van der Waals surface area contributed by atoms with Crippen molar-refractivity contribution in [3.05, 3.63) is 35.4 Å². The molecule has 1 aliphatic heterocycles. The first kappa shape index (κ1) is 18.4. The van der Waals surface area contributed by atoms with E-state index in [0.717, 1.165) is 12.8 Å². The Kier molecular flexibility index (Phi) is 5.95. The second kappa shape index (κ2) is 7.76. The van der Waals surface area contributed by atoms with E-state index in [4.69, 9.17) is 10.2 Å². The summed E-state index contributed by atoms with van der Waals surface area (Å²) in [5, 5.41) is 13.8. The number of sulfonamides is 1. The molecular weight excluding hydrogens is 332 g/mol. The van der Waals surface area contributed by atoms with Crippen molar-refractivity contribution >= 4 is 21.9 Å². The van der Waals surface area contributed by atoms with Crippen LogP contribution in [0.5, 0.6) is 0 Å². The van der Waals surface area contributed by atoms with E-state index in [2.05, 4.69) is 0 Å². The largest absolute Gasteiger partial charge is 0.481 e. The van der Waals surface area contributed by atoms with Crippen LogP contribution in [0.3, 0.4) is 0 Å². The van der Waals surface area contributed by atoms with Crippen LogP contribution in [-0.4, -0.2) is 43.4 Å². The van der Waals surface area contributed by atoms with Gasteiger partial charge in [-0.15, -0.1) is 0 Å². The monoisotopic (exact) mass is 354 g/mol. The number of carbonyl (C=O) groups excluding carboxylic acids is 1. The summed E-state index contributed by atoms with van der Waals surface area (Å²) in [7, 11) is -3.65. The lowest BCUT2D eigenvalue weighted by molar-refractivity contribution is -0.137. The summed E-state index contributed by atoms with van der Waals surface area (Å²) in [5.74, 6) is -1.11. The van der Waals surface area contributed by atoms with Gasteiger partial charge in [0.05, 0.1) is 5.75 Å². The number of carbonyl (C=O) groups is 2. The average molecular weight is 354 g/mol. The zero-order valence-corrected chi connectivity index (χ0v) is 14.2. The minimum absolute atomic E-state index is 0.108. The van der Waals surface area contributed by atoms with E-state index < -0.39 is 16.0 Å². The van der Waals surface area contributed by atoms with Crippen LogP contribution in [0, 0.1) is 5.92 Å². The molecule has 1 saturated heterocycles. The van der Waals surface area contributed by atoms with E-state index in [0.29, 0.717) is 30.6 Å². The van der Waals surface area contributed by atoms with E-state index in [1.807, 2.05) is 0 Å². The lowest BCUT2D eigenvalue weighted by Crippen LogP contribution is -2.40. The molecule has 1 fully saturated rings. The standard InChI is InChI=1S/C16H22N2O5S/c17-24(22,23)11-13-3-1-5-14(9-13)16(21)18-8-2-4-12(10-18)6-7-15(19)20/h1,3,5,9,12H,2,4,6-8,10-11H2,(H,19,20)(H2,17,22,23). The van der Waals surface area contributed by atoms with Gasteiger partial charge in [-0.25, -0.2) is 13.6 Å². The van der Waals surface area contributed by atoms with Crippen LogP contribution >= 0.6 is 0 Å². The Morgan fingerprint density at radius 3 is 2.75 bits per heavy atom. The van der Waals surface area contributed by atoms with Crippen LogP contribution in [0.1, 0.15) is 41.6 Å². The molecule has 1 heterocycles. The van der Waals surface area contributed by atoms with Crippen molar-refractivity contribution in [3.63, 3.8) is 0 Å². The molecule has 24 heavy (non-hydrogen) atoms. The number of benzene rings is 1. The Balaban J connectivity index is 2.05. The molecule has 2 rings (SSSR count). The highest BCUT2D eigenvalue weighted by Gasteiger charge is 2.25. The van der Waals surface area contributed by atoms with Crippen molar-refractivity contribution in [3.8, 4) is 0 Å². The highest BCUT2D eigenvalue weighted by molar-refractivity contribution is 7.88. The zero-order valence-electron chi connectivity index (χ0n) is 13.3. The minimum atomic E-state index is -3.65. The number of nitrogens with zero attached hydrogens (tertiary/aromatic N) is 1. The maximum atomic E-state index is 12.6. The second-order valence-electron chi connectivity index (χ2n) is 6.20. The molecule has 8 heteroatoms. The molecular formula is C16H22N2O5S. The first-order valence-electron chi connectivity index (χ1n) is 7.85. The number of hydrogen-bond acceptors (Lipinski definition) is 4. The maximum Gasteiger partial charge on any atom is 0.303 e. The van der Waals surface area contributed by atoms with Crippen molar-refractivity contribution < 1.29 is 23.1 Å². The Hall–Kier alpha value is -1.93. The van der Waals surface area contributed by atoms with Gasteiger partial charge in [0.25, 0.3) is 5.91 Å². The molecule has 1 aromatic rings. The number of amides is 1. The molecule has 3 N–H and O–H groups in total. The highest BCUT2D eigenvalue weighted by atomic mass is 32.2. The molecule has 1 aliphatic rings. The van der Waals surface area contributed by atoms with E-state index in [-0.39, 0.29) is 24.0 Å². The summed E-state index contributed by atoms with van der Waals surface area (Å²) < 4.78 is 22.4. The van der Waals surface area contributed by atoms with E-state index in [9.17, 15) is 18.0 Å². The van der Waals surface area contributed by atoms with Gasteiger partial charge in [-0.3, -0.25) is 9.59 Å². The number of likely N-dealkylation sites (tertiary alicyclic amines) is 1. The van der Waals surface area contributed by atoms with Crippen LogP contribution in [-0.2, 0) is 20.6 Å². The molecule has 1 atom stereocenters. The minimum Gasteiger partial charge on any atom is -0.481 e. The van der Waals surface area contributed by atoms with Gasteiger partial charge < -0.3 is 10.0 Å². The van der Waals surface area contributed by atoms with Gasteiger partial charge in [0.2, 0.25) is 10.0 Å². The van der Waals surface area contributed by atoms with Crippen molar-refractivity contribution in [2.45, 2.75) is 31.4 Å². The summed E-state index contributed by atoms with van der Waals surface area (Å²) in [6, 6.07) is 6.45. The topological polar surface area (TPSA) is 118 Å². The molecule has 1 amide bonds. The van der Waals surface area contributed by atoms with Crippen molar-refractivity contribution in [1.82, 2.24) is 4.90 Å². The SMILES string of the molecule is NS(=O)(=O)Cc1cccc(C(=O)N2CCCC(CCC(=O)O)C2)c1. The molecule has 0 aliphatic carbocycles. The van der Waals surface area contributed by atoms with Gasteiger partial charge >= 0.3 is 5.97 Å². The van der Waals surface area contributed by atoms with Crippen LogP contribution in [0.2, 0.25) is 0 Å². The normalized spacial score (nSPS) is 18.4. The molecule has 0 radical (unpaired) electrons. The molecule has 0 spiro atoms. The first-order valence-corrected chi connectivity index (χ1v) is 9.56. The Morgan fingerprint density at radius 2 is 2.08 bits per heavy atom. The zero-order chi connectivity index (χ0) is 17.7. The van der Waals surface area contributed by atoms with Crippen LogP contribution < -0.4 is 5.14 Å². The van der Waals surface area contributed by atoms with Crippen molar-refractivity contribution in [2.24, 2.45) is 11.1 Å². The van der Waals surface area contributed by atoms with Gasteiger partial charge in [-0.1, -0.05) is 12.1 Å². The van der Waals surface area contributed by atoms with E-state index >= 15 is 0 Å². The fourth-order valence-corrected chi connectivity index (χ4v) is 3.67. The summed E-state index contributed by atoms with van der Waals surface area (Å²) in [6.45, 7) is 1.16. The van der Waals surface area contributed by atoms with Gasteiger partial charge in [-0.05, 0) is 42.9 Å². The van der Waals surface area contributed by atoms with Crippen molar-refractivity contribution in [1.29, 1.82) is 0 Å². The van der Waals surface area contributed by atoms with Gasteiger partial charge in [-0.2, -0.15) is 0 Å². The number of piperidine rings is 1. The fourth-order valence-electron chi connectivity index (χ4n) is 3.02. The lowest BCUT2D eigenvalue weighted by Gasteiger charge is -2.32. The van der Waals surface area contributed by atoms with E-state index in [1.54, 1.807) is 29.2 Å². The molecule has 0 saturated carbocycles. The smallest absolute Gasteiger partial charge is 0.303 e. The number of rotatable bonds is 6. The molecule has 1 unspecified atom stereocenters. The number of aliphatic carboxylic acids is 1. The molecule has 1 aromatic carbocycles. The summed E-state index contributed by atoms with van der Waals surface area (Å²) in [6.07, 6.45) is 2.43. The molecule has 0 aromatic heterocycles. The third-order valence-electron chi connectivity index (χ3n) is 4.11. The Labute approximate surface area is 141 Å².